The summed E-state index contributed by atoms with van der Waals surface area (Å²) in [4.78, 5) is 0. The second-order valence-electron chi connectivity index (χ2n) is 6.35. The van der Waals surface area contributed by atoms with Crippen LogP contribution in [0.25, 0.3) is 0 Å². The highest BCUT2D eigenvalue weighted by Crippen LogP contribution is 2.46. The third kappa shape index (κ3) is 1.74. The first-order valence-electron chi connectivity index (χ1n) is 7.19. The van der Waals surface area contributed by atoms with E-state index in [0.29, 0.717) is 11.7 Å². The van der Waals surface area contributed by atoms with Crippen molar-refractivity contribution < 1.29 is 5.11 Å². The minimum atomic E-state index is 0.0530. The molecule has 0 unspecified atom stereocenters. The molecule has 0 aromatic heterocycles. The summed E-state index contributed by atoms with van der Waals surface area (Å²) in [5.74, 6) is 0.995. The highest BCUT2D eigenvalue weighted by molar-refractivity contribution is 5.43. The van der Waals surface area contributed by atoms with Crippen molar-refractivity contribution in [1.82, 2.24) is 0 Å². The van der Waals surface area contributed by atoms with Crippen LogP contribution in [0.2, 0.25) is 0 Å². The summed E-state index contributed by atoms with van der Waals surface area (Å²) in [6, 6.07) is 6.11. The Labute approximate surface area is 109 Å². The number of phenolic OH excluding ortho intramolecular Hbond substituents is 1. The van der Waals surface area contributed by atoms with E-state index < -0.39 is 0 Å². The van der Waals surface area contributed by atoms with Gasteiger partial charge >= 0.3 is 0 Å². The predicted molar refractivity (Wildman–Crippen MR) is 73.7 cm³/mol. The SMILES string of the molecule is C[C@]12CCCCC[C@@H](Cc3ccc(O)cc31)[C@@H]2N. The van der Waals surface area contributed by atoms with E-state index in [1.807, 2.05) is 12.1 Å². The van der Waals surface area contributed by atoms with Gasteiger partial charge in [-0.15, -0.1) is 0 Å². The van der Waals surface area contributed by atoms with E-state index in [2.05, 4.69) is 13.0 Å². The molecule has 1 aromatic rings. The zero-order chi connectivity index (χ0) is 12.8. The van der Waals surface area contributed by atoms with E-state index in [-0.39, 0.29) is 11.5 Å². The number of nitrogens with two attached hydrogens (primary N) is 1. The zero-order valence-corrected chi connectivity index (χ0v) is 11.2. The minimum absolute atomic E-state index is 0.0530. The molecule has 2 aliphatic rings. The number of fused-ring (bicyclic) bond motifs is 4. The van der Waals surface area contributed by atoms with Crippen LogP contribution in [-0.2, 0) is 11.8 Å². The molecule has 98 valence electrons. The normalized spacial score (nSPS) is 35.4. The lowest BCUT2D eigenvalue weighted by atomic mass is 9.60. The van der Waals surface area contributed by atoms with Crippen LogP contribution < -0.4 is 5.73 Å². The molecule has 3 atom stereocenters. The Bertz CT molecular complexity index is 456. The molecular weight excluding hydrogens is 222 g/mol. The molecule has 2 nitrogen and oxygen atoms in total. The van der Waals surface area contributed by atoms with Crippen LogP contribution >= 0.6 is 0 Å². The second-order valence-corrected chi connectivity index (χ2v) is 6.35. The lowest BCUT2D eigenvalue weighted by Gasteiger charge is -2.47. The van der Waals surface area contributed by atoms with Gasteiger partial charge in [0.25, 0.3) is 0 Å². The molecule has 2 aliphatic carbocycles. The first kappa shape index (κ1) is 12.0. The Balaban J connectivity index is 2.11. The Hall–Kier alpha value is -1.02. The summed E-state index contributed by atoms with van der Waals surface area (Å²) < 4.78 is 0. The van der Waals surface area contributed by atoms with Crippen molar-refractivity contribution in [2.24, 2.45) is 11.7 Å². The topological polar surface area (TPSA) is 46.2 Å². The fourth-order valence-electron chi connectivity index (χ4n) is 4.04. The van der Waals surface area contributed by atoms with Crippen LogP contribution in [-0.4, -0.2) is 11.1 Å². The lowest BCUT2D eigenvalue weighted by Crippen LogP contribution is -2.52. The fourth-order valence-corrected chi connectivity index (χ4v) is 4.04. The summed E-state index contributed by atoms with van der Waals surface area (Å²) in [6.45, 7) is 2.30. The molecule has 1 saturated carbocycles. The molecule has 18 heavy (non-hydrogen) atoms. The smallest absolute Gasteiger partial charge is 0.115 e. The maximum Gasteiger partial charge on any atom is 0.115 e. The fraction of sp³-hybridized carbons (Fsp3) is 0.625. The number of phenols is 1. The number of aromatic hydroxyl groups is 1. The summed E-state index contributed by atoms with van der Waals surface area (Å²) in [6.07, 6.45) is 7.41. The summed E-state index contributed by atoms with van der Waals surface area (Å²) in [5.41, 5.74) is 9.33. The van der Waals surface area contributed by atoms with E-state index in [1.165, 1.54) is 36.8 Å². The van der Waals surface area contributed by atoms with Crippen molar-refractivity contribution in [3.8, 4) is 5.75 Å². The standard InChI is InChI=1S/C16H23NO/c1-16-8-4-2-3-5-12(15(16)17)9-11-6-7-13(18)10-14(11)16/h6-7,10,12,15,18H,2-5,8-9,17H2,1H3/t12-,15-,16-/m0/s1. The zero-order valence-electron chi connectivity index (χ0n) is 11.2. The van der Waals surface area contributed by atoms with Crippen molar-refractivity contribution in [2.75, 3.05) is 0 Å². The highest BCUT2D eigenvalue weighted by Gasteiger charge is 2.43. The predicted octanol–water partition coefficient (Wildman–Crippen LogP) is 3.11. The van der Waals surface area contributed by atoms with Gasteiger partial charge in [0.05, 0.1) is 0 Å². The molecule has 0 saturated heterocycles. The second kappa shape index (κ2) is 4.27. The van der Waals surface area contributed by atoms with Gasteiger partial charge in [-0.3, -0.25) is 0 Å². The van der Waals surface area contributed by atoms with Crippen LogP contribution in [0.15, 0.2) is 18.2 Å². The van der Waals surface area contributed by atoms with E-state index in [0.717, 1.165) is 12.8 Å². The van der Waals surface area contributed by atoms with Gasteiger partial charge in [-0.05, 0) is 48.4 Å². The molecule has 0 heterocycles. The van der Waals surface area contributed by atoms with Gasteiger partial charge in [0.15, 0.2) is 0 Å². The third-order valence-corrected chi connectivity index (χ3v) is 5.21. The molecule has 0 radical (unpaired) electrons. The quantitative estimate of drug-likeness (QED) is 0.737. The average molecular weight is 245 g/mol. The molecule has 3 rings (SSSR count). The van der Waals surface area contributed by atoms with Crippen LogP contribution in [0.3, 0.4) is 0 Å². The minimum Gasteiger partial charge on any atom is -0.508 e. The molecular formula is C16H23NO. The van der Waals surface area contributed by atoms with Gasteiger partial charge in [-0.2, -0.15) is 0 Å². The summed E-state index contributed by atoms with van der Waals surface area (Å²) >= 11 is 0. The third-order valence-electron chi connectivity index (χ3n) is 5.21. The molecule has 1 aromatic carbocycles. The maximum atomic E-state index is 9.77. The van der Waals surface area contributed by atoms with E-state index in [9.17, 15) is 5.11 Å². The van der Waals surface area contributed by atoms with E-state index in [4.69, 9.17) is 5.73 Å². The van der Waals surface area contributed by atoms with Crippen LogP contribution in [0.4, 0.5) is 0 Å². The van der Waals surface area contributed by atoms with Gasteiger partial charge in [0, 0.05) is 11.5 Å². The first-order valence-corrected chi connectivity index (χ1v) is 7.19. The van der Waals surface area contributed by atoms with Gasteiger partial charge in [0.2, 0.25) is 0 Å². The number of benzene rings is 1. The average Bonchev–Trinajstić information content (AvgIpc) is 2.35. The van der Waals surface area contributed by atoms with Gasteiger partial charge in [-0.25, -0.2) is 0 Å². The van der Waals surface area contributed by atoms with Crippen molar-refractivity contribution in [2.45, 2.75) is 56.9 Å². The molecule has 0 amide bonds. The summed E-state index contributed by atoms with van der Waals surface area (Å²) in [7, 11) is 0. The largest absolute Gasteiger partial charge is 0.508 e. The molecule has 0 aliphatic heterocycles. The van der Waals surface area contributed by atoms with Crippen molar-refractivity contribution >= 4 is 0 Å². The van der Waals surface area contributed by atoms with Crippen LogP contribution in [0.1, 0.15) is 50.2 Å². The van der Waals surface area contributed by atoms with Crippen molar-refractivity contribution in [3.63, 3.8) is 0 Å². The lowest BCUT2D eigenvalue weighted by molar-refractivity contribution is 0.201. The van der Waals surface area contributed by atoms with Gasteiger partial charge < -0.3 is 10.8 Å². The molecule has 1 fully saturated rings. The van der Waals surface area contributed by atoms with Gasteiger partial charge in [0.1, 0.15) is 5.75 Å². The first-order chi connectivity index (χ1) is 8.61. The van der Waals surface area contributed by atoms with Crippen LogP contribution in [0, 0.1) is 5.92 Å². The Morgan fingerprint density at radius 2 is 2.11 bits per heavy atom. The summed E-state index contributed by atoms with van der Waals surface area (Å²) in [5, 5.41) is 9.77. The van der Waals surface area contributed by atoms with E-state index in [1.54, 1.807) is 0 Å². The molecule has 3 N–H and O–H groups in total. The molecule has 2 heteroatoms. The Kier molecular flexibility index (Phi) is 2.86. The molecule has 0 spiro atoms. The number of hydrogen-bond acceptors (Lipinski definition) is 2. The maximum absolute atomic E-state index is 9.77. The molecule has 2 bridgehead atoms. The van der Waals surface area contributed by atoms with Crippen molar-refractivity contribution in [1.29, 1.82) is 0 Å². The van der Waals surface area contributed by atoms with Gasteiger partial charge in [-0.1, -0.05) is 32.3 Å². The monoisotopic (exact) mass is 245 g/mol. The Morgan fingerprint density at radius 3 is 2.94 bits per heavy atom. The Morgan fingerprint density at radius 1 is 1.28 bits per heavy atom. The number of rotatable bonds is 0. The number of hydrogen-bond donors (Lipinski definition) is 2. The highest BCUT2D eigenvalue weighted by atomic mass is 16.3. The van der Waals surface area contributed by atoms with E-state index >= 15 is 0 Å². The van der Waals surface area contributed by atoms with Crippen LogP contribution in [0.5, 0.6) is 5.75 Å². The van der Waals surface area contributed by atoms with Crippen molar-refractivity contribution in [3.05, 3.63) is 29.3 Å².